The second-order valence-electron chi connectivity index (χ2n) is 3.50. The molecule has 0 aliphatic rings. The molecule has 3 N–H and O–H groups in total. The van der Waals surface area contributed by atoms with Crippen molar-refractivity contribution in [2.24, 2.45) is 5.73 Å². The first-order valence-corrected chi connectivity index (χ1v) is 5.35. The second-order valence-corrected chi connectivity index (χ2v) is 3.50. The Morgan fingerprint density at radius 1 is 1.50 bits per heavy atom. The molecule has 1 rings (SSSR count). The first-order valence-electron chi connectivity index (χ1n) is 5.35. The fourth-order valence-corrected chi connectivity index (χ4v) is 1.46. The summed E-state index contributed by atoms with van der Waals surface area (Å²) in [6.07, 6.45) is 0.557. The van der Waals surface area contributed by atoms with Crippen molar-refractivity contribution in [3.05, 3.63) is 39.4 Å². The van der Waals surface area contributed by atoms with E-state index < -0.39 is 4.92 Å². The van der Waals surface area contributed by atoms with Gasteiger partial charge in [-0.05, 0) is 12.5 Å². The Morgan fingerprint density at radius 2 is 2.17 bits per heavy atom. The number of hydrogen-bond donors (Lipinski definition) is 2. The molecule has 0 aliphatic heterocycles. The lowest BCUT2D eigenvalue weighted by molar-refractivity contribution is -0.385. The van der Waals surface area contributed by atoms with Crippen molar-refractivity contribution in [3.8, 4) is 0 Å². The number of benzene rings is 1. The average Bonchev–Trinajstić information content (AvgIpc) is 2.34. The Balaban J connectivity index is 0.00000289. The van der Waals surface area contributed by atoms with E-state index in [2.05, 4.69) is 5.32 Å². The van der Waals surface area contributed by atoms with Crippen LogP contribution in [0.3, 0.4) is 0 Å². The fraction of sp³-hybridized carbons (Fsp3) is 0.364. The van der Waals surface area contributed by atoms with Gasteiger partial charge in [0.15, 0.2) is 0 Å². The fourth-order valence-electron chi connectivity index (χ4n) is 1.46. The lowest BCUT2D eigenvalue weighted by atomic mass is 10.1. The highest BCUT2D eigenvalue weighted by Crippen LogP contribution is 2.20. The zero-order valence-corrected chi connectivity index (χ0v) is 10.8. The molecular weight excluding hydrogens is 258 g/mol. The molecule has 1 aromatic rings. The molecule has 0 aromatic heterocycles. The molecule has 0 aliphatic carbocycles. The van der Waals surface area contributed by atoms with Gasteiger partial charge in [0.25, 0.3) is 11.6 Å². The number of hydrogen-bond acceptors (Lipinski definition) is 4. The first kappa shape index (κ1) is 16.3. The van der Waals surface area contributed by atoms with Crippen LogP contribution in [-0.2, 0) is 6.42 Å². The van der Waals surface area contributed by atoms with Crippen molar-refractivity contribution < 1.29 is 9.72 Å². The average molecular weight is 274 g/mol. The number of carbonyl (C=O) groups is 1. The standard InChI is InChI=1S/C11H15N3O3.ClH/c1-2-8-3-4-9(7-10(8)14(16)17)11(15)13-6-5-12;/h3-4,7H,2,5-6,12H2,1H3,(H,13,15);1H. The highest BCUT2D eigenvalue weighted by Gasteiger charge is 2.15. The van der Waals surface area contributed by atoms with E-state index in [1.54, 1.807) is 12.1 Å². The molecule has 0 radical (unpaired) electrons. The van der Waals surface area contributed by atoms with Crippen molar-refractivity contribution in [2.75, 3.05) is 13.1 Å². The van der Waals surface area contributed by atoms with Gasteiger partial charge in [-0.1, -0.05) is 13.0 Å². The Morgan fingerprint density at radius 3 is 2.67 bits per heavy atom. The Labute approximate surface area is 111 Å². The summed E-state index contributed by atoms with van der Waals surface area (Å²) in [5.41, 5.74) is 6.13. The lowest BCUT2D eigenvalue weighted by Gasteiger charge is -2.05. The quantitative estimate of drug-likeness (QED) is 0.623. The normalized spacial score (nSPS) is 9.44. The molecule has 0 saturated carbocycles. The molecular formula is C11H16ClN3O3. The molecule has 1 amide bonds. The third-order valence-corrected chi connectivity index (χ3v) is 2.35. The van der Waals surface area contributed by atoms with Crippen LogP contribution in [0, 0.1) is 10.1 Å². The van der Waals surface area contributed by atoms with Gasteiger partial charge in [0.05, 0.1) is 4.92 Å². The van der Waals surface area contributed by atoms with E-state index in [0.29, 0.717) is 25.1 Å². The molecule has 0 spiro atoms. The van der Waals surface area contributed by atoms with Gasteiger partial charge < -0.3 is 11.1 Å². The van der Waals surface area contributed by atoms with Gasteiger partial charge in [0.1, 0.15) is 0 Å². The molecule has 0 fully saturated rings. The summed E-state index contributed by atoms with van der Waals surface area (Å²) in [4.78, 5) is 21.9. The highest BCUT2D eigenvalue weighted by molar-refractivity contribution is 5.95. The number of nitro benzene ring substituents is 1. The number of amides is 1. The minimum absolute atomic E-state index is 0. The zero-order valence-electron chi connectivity index (χ0n) is 10.0. The number of nitro groups is 1. The van der Waals surface area contributed by atoms with Crippen LogP contribution >= 0.6 is 12.4 Å². The van der Waals surface area contributed by atoms with Gasteiger partial charge in [0, 0.05) is 30.3 Å². The number of carbonyl (C=O) groups excluding carboxylic acids is 1. The van der Waals surface area contributed by atoms with Crippen LogP contribution in [0.15, 0.2) is 18.2 Å². The topological polar surface area (TPSA) is 98.3 Å². The molecule has 0 bridgehead atoms. The van der Waals surface area contributed by atoms with Crippen molar-refractivity contribution >= 4 is 24.0 Å². The summed E-state index contributed by atoms with van der Waals surface area (Å²) < 4.78 is 0. The van der Waals surface area contributed by atoms with E-state index in [-0.39, 0.29) is 29.6 Å². The third-order valence-electron chi connectivity index (χ3n) is 2.35. The smallest absolute Gasteiger partial charge is 0.273 e. The molecule has 18 heavy (non-hydrogen) atoms. The summed E-state index contributed by atoms with van der Waals surface area (Å²) in [5, 5.41) is 13.4. The number of halogens is 1. The van der Waals surface area contributed by atoms with E-state index >= 15 is 0 Å². The second kappa shape index (κ2) is 7.62. The summed E-state index contributed by atoms with van der Waals surface area (Å²) in [6, 6.07) is 4.48. The zero-order chi connectivity index (χ0) is 12.8. The summed E-state index contributed by atoms with van der Waals surface area (Å²) in [6.45, 7) is 2.51. The number of nitrogens with two attached hydrogens (primary N) is 1. The van der Waals surface area contributed by atoms with Gasteiger partial charge in [-0.15, -0.1) is 12.4 Å². The number of aryl methyl sites for hydroxylation is 1. The van der Waals surface area contributed by atoms with Gasteiger partial charge in [-0.3, -0.25) is 14.9 Å². The van der Waals surface area contributed by atoms with Crippen molar-refractivity contribution in [1.82, 2.24) is 5.32 Å². The summed E-state index contributed by atoms with van der Waals surface area (Å²) >= 11 is 0. The summed E-state index contributed by atoms with van der Waals surface area (Å²) in [7, 11) is 0. The predicted octanol–water partition coefficient (Wildman–Crippen LogP) is 1.27. The van der Waals surface area contributed by atoms with Gasteiger partial charge in [-0.25, -0.2) is 0 Å². The van der Waals surface area contributed by atoms with E-state index in [9.17, 15) is 14.9 Å². The van der Waals surface area contributed by atoms with Crippen molar-refractivity contribution in [1.29, 1.82) is 0 Å². The Hall–Kier alpha value is -1.66. The third kappa shape index (κ3) is 3.97. The largest absolute Gasteiger partial charge is 0.351 e. The SMILES string of the molecule is CCc1ccc(C(=O)NCCN)cc1[N+](=O)[O-].Cl. The molecule has 0 saturated heterocycles. The van der Waals surface area contributed by atoms with Gasteiger partial charge >= 0.3 is 0 Å². The molecule has 100 valence electrons. The summed E-state index contributed by atoms with van der Waals surface area (Å²) in [5.74, 6) is -0.346. The Kier molecular flexibility index (Phi) is 6.92. The van der Waals surface area contributed by atoms with Gasteiger partial charge in [-0.2, -0.15) is 0 Å². The molecule has 7 heteroatoms. The predicted molar refractivity (Wildman–Crippen MR) is 71.1 cm³/mol. The first-order chi connectivity index (χ1) is 8.10. The van der Waals surface area contributed by atoms with Crippen LogP contribution in [-0.4, -0.2) is 23.9 Å². The van der Waals surface area contributed by atoms with E-state index in [1.165, 1.54) is 6.07 Å². The molecule has 0 heterocycles. The molecule has 6 nitrogen and oxygen atoms in total. The van der Waals surface area contributed by atoms with Crippen LogP contribution in [0.1, 0.15) is 22.8 Å². The van der Waals surface area contributed by atoms with Crippen LogP contribution < -0.4 is 11.1 Å². The minimum Gasteiger partial charge on any atom is -0.351 e. The van der Waals surface area contributed by atoms with Crippen LogP contribution in [0.2, 0.25) is 0 Å². The van der Waals surface area contributed by atoms with Crippen LogP contribution in [0.25, 0.3) is 0 Å². The number of nitrogens with zero attached hydrogens (tertiary/aromatic N) is 1. The Bertz CT molecular complexity index is 438. The molecule has 1 aromatic carbocycles. The van der Waals surface area contributed by atoms with Crippen LogP contribution in [0.5, 0.6) is 0 Å². The number of rotatable bonds is 5. The maximum Gasteiger partial charge on any atom is 0.273 e. The monoisotopic (exact) mass is 273 g/mol. The lowest BCUT2D eigenvalue weighted by Crippen LogP contribution is -2.29. The maximum atomic E-state index is 11.6. The highest BCUT2D eigenvalue weighted by atomic mass is 35.5. The minimum atomic E-state index is -0.474. The van der Waals surface area contributed by atoms with Gasteiger partial charge in [0.2, 0.25) is 0 Å². The van der Waals surface area contributed by atoms with E-state index in [4.69, 9.17) is 5.73 Å². The number of nitrogens with one attached hydrogen (secondary N) is 1. The van der Waals surface area contributed by atoms with Crippen molar-refractivity contribution in [3.63, 3.8) is 0 Å². The van der Waals surface area contributed by atoms with E-state index in [1.807, 2.05) is 6.92 Å². The van der Waals surface area contributed by atoms with Crippen LogP contribution in [0.4, 0.5) is 5.69 Å². The molecule has 0 atom stereocenters. The maximum absolute atomic E-state index is 11.6. The van der Waals surface area contributed by atoms with E-state index in [0.717, 1.165) is 0 Å². The van der Waals surface area contributed by atoms with Crippen molar-refractivity contribution in [2.45, 2.75) is 13.3 Å². The molecule has 0 unspecified atom stereocenters.